The van der Waals surface area contributed by atoms with Gasteiger partial charge in [-0.1, -0.05) is 30.3 Å². The van der Waals surface area contributed by atoms with Gasteiger partial charge in [-0.05, 0) is 54.1 Å². The molecule has 34 heavy (non-hydrogen) atoms. The summed E-state index contributed by atoms with van der Waals surface area (Å²) in [7, 11) is 0. The normalized spacial score (nSPS) is 11.4. The van der Waals surface area contributed by atoms with Gasteiger partial charge in [-0.15, -0.1) is 0 Å². The Morgan fingerprint density at radius 2 is 1.35 bits per heavy atom. The molecule has 3 aromatic carbocycles. The second-order valence-corrected chi connectivity index (χ2v) is 7.49. The Morgan fingerprint density at radius 3 is 1.97 bits per heavy atom. The van der Waals surface area contributed by atoms with Crippen LogP contribution in [0.4, 0.5) is 0 Å². The lowest BCUT2D eigenvalue weighted by atomic mass is 10.2. The smallest absolute Gasteiger partial charge is 0.255 e. The molecule has 0 saturated carbocycles. The number of aliphatic hydroxyl groups is 1. The van der Waals surface area contributed by atoms with Crippen LogP contribution in [-0.2, 0) is 11.4 Å². The average Bonchev–Trinajstić information content (AvgIpc) is 2.86. The van der Waals surface area contributed by atoms with Crippen molar-refractivity contribution in [2.45, 2.75) is 12.7 Å². The minimum atomic E-state index is -0.657. The van der Waals surface area contributed by atoms with E-state index < -0.39 is 12.0 Å². The predicted molar refractivity (Wildman–Crippen MR) is 128 cm³/mol. The fourth-order valence-corrected chi connectivity index (χ4v) is 2.92. The fourth-order valence-electron chi connectivity index (χ4n) is 2.92. The summed E-state index contributed by atoms with van der Waals surface area (Å²) in [5.74, 6) is 2.11. The highest BCUT2D eigenvalue weighted by Gasteiger charge is 2.06. The average molecular weight is 467 g/mol. The van der Waals surface area contributed by atoms with Crippen molar-refractivity contribution in [1.29, 1.82) is 0 Å². The van der Waals surface area contributed by atoms with Crippen molar-refractivity contribution in [1.82, 2.24) is 5.32 Å². The van der Waals surface area contributed by atoms with Gasteiger partial charge >= 0.3 is 0 Å². The minimum absolute atomic E-state index is 0.162. The second-order valence-electron chi connectivity index (χ2n) is 7.49. The fraction of sp³-hybridized carbons (Fsp3) is 0.269. The number of carbonyl (C=O) groups is 1. The molecule has 0 aliphatic heterocycles. The molecule has 8 heteroatoms. The lowest BCUT2D eigenvalue weighted by molar-refractivity contribution is -0.119. The zero-order chi connectivity index (χ0) is 24.0. The Morgan fingerprint density at radius 1 is 0.794 bits per heavy atom. The first-order chi connectivity index (χ1) is 16.6. The van der Waals surface area contributed by atoms with E-state index in [1.54, 1.807) is 24.3 Å². The number of aliphatic hydroxyl groups excluding tert-OH is 1. The third kappa shape index (κ3) is 9.40. The highest BCUT2D eigenvalue weighted by Crippen LogP contribution is 2.19. The number of amides is 1. The van der Waals surface area contributed by atoms with Crippen LogP contribution in [0.15, 0.2) is 78.9 Å². The Labute approximate surface area is 199 Å². The van der Waals surface area contributed by atoms with Crippen LogP contribution in [0.5, 0.6) is 23.0 Å². The van der Waals surface area contributed by atoms with Crippen molar-refractivity contribution >= 4 is 5.91 Å². The lowest BCUT2D eigenvalue weighted by Gasteiger charge is -2.14. The maximum Gasteiger partial charge on any atom is 0.255 e. The Kier molecular flexibility index (Phi) is 10.0. The second kappa shape index (κ2) is 13.7. The molecule has 0 saturated heterocycles. The molecule has 4 N–H and O–H groups in total. The van der Waals surface area contributed by atoms with Crippen LogP contribution < -0.4 is 30.0 Å². The van der Waals surface area contributed by atoms with Gasteiger partial charge in [0.1, 0.15) is 48.9 Å². The van der Waals surface area contributed by atoms with Crippen molar-refractivity contribution in [2.75, 3.05) is 32.9 Å². The van der Waals surface area contributed by atoms with Crippen molar-refractivity contribution in [3.05, 3.63) is 84.4 Å². The first-order valence-electron chi connectivity index (χ1n) is 11.0. The SMILES string of the molecule is NC(=O)COc1ccc(OCCNCC(O)COc2ccc(OCc3ccccc3)cc2)cc1. The standard InChI is InChI=1S/C26H30N2O6/c27-26(30)19-34-25-8-6-22(7-9-25)31-15-14-28-16-21(29)18-33-24-12-10-23(11-13-24)32-17-20-4-2-1-3-5-20/h1-13,21,28-29H,14-19H2,(H2,27,30). The molecule has 0 spiro atoms. The van der Waals surface area contributed by atoms with E-state index in [1.807, 2.05) is 54.6 Å². The molecule has 8 nitrogen and oxygen atoms in total. The highest BCUT2D eigenvalue weighted by atomic mass is 16.5. The summed E-state index contributed by atoms with van der Waals surface area (Å²) >= 11 is 0. The maximum atomic E-state index is 10.7. The van der Waals surface area contributed by atoms with Crippen molar-refractivity contribution in [3.8, 4) is 23.0 Å². The van der Waals surface area contributed by atoms with Gasteiger partial charge in [0.25, 0.3) is 5.91 Å². The predicted octanol–water partition coefficient (Wildman–Crippen LogP) is 2.54. The van der Waals surface area contributed by atoms with Crippen LogP contribution in [0, 0.1) is 0 Å². The number of ether oxygens (including phenoxy) is 4. The number of benzene rings is 3. The summed E-state index contributed by atoms with van der Waals surface area (Å²) < 4.78 is 22.2. The Hall–Kier alpha value is -3.75. The molecule has 1 unspecified atom stereocenters. The molecule has 0 aliphatic rings. The van der Waals surface area contributed by atoms with Crippen LogP contribution in [0.1, 0.15) is 5.56 Å². The largest absolute Gasteiger partial charge is 0.492 e. The van der Waals surface area contributed by atoms with E-state index in [2.05, 4.69) is 5.32 Å². The molecule has 0 aromatic heterocycles. The summed E-state index contributed by atoms with van der Waals surface area (Å²) in [6.07, 6.45) is -0.657. The van der Waals surface area contributed by atoms with Crippen molar-refractivity contribution < 1.29 is 28.8 Å². The summed E-state index contributed by atoms with van der Waals surface area (Å²) in [4.78, 5) is 10.7. The maximum absolute atomic E-state index is 10.7. The van der Waals surface area contributed by atoms with E-state index in [-0.39, 0.29) is 13.2 Å². The Balaban J connectivity index is 1.25. The molecule has 0 fully saturated rings. The van der Waals surface area contributed by atoms with E-state index in [0.717, 1.165) is 11.3 Å². The van der Waals surface area contributed by atoms with Gasteiger partial charge in [0.2, 0.25) is 0 Å². The molecule has 1 atom stereocenters. The molecule has 0 radical (unpaired) electrons. The van der Waals surface area contributed by atoms with Crippen LogP contribution in [0.25, 0.3) is 0 Å². The molecule has 1 amide bonds. The molecule has 180 valence electrons. The van der Waals surface area contributed by atoms with Crippen LogP contribution in [0.2, 0.25) is 0 Å². The van der Waals surface area contributed by atoms with Crippen LogP contribution in [-0.4, -0.2) is 50.0 Å². The quantitative estimate of drug-likeness (QED) is 0.295. The third-order valence-electron chi connectivity index (χ3n) is 4.65. The van der Waals surface area contributed by atoms with E-state index in [0.29, 0.717) is 43.6 Å². The molecule has 3 aromatic rings. The van der Waals surface area contributed by atoms with Gasteiger partial charge in [-0.25, -0.2) is 0 Å². The minimum Gasteiger partial charge on any atom is -0.492 e. The highest BCUT2D eigenvalue weighted by molar-refractivity contribution is 5.75. The number of rotatable bonds is 15. The first-order valence-corrected chi connectivity index (χ1v) is 11.0. The van der Waals surface area contributed by atoms with E-state index in [4.69, 9.17) is 24.7 Å². The Bertz CT molecular complexity index is 980. The van der Waals surface area contributed by atoms with Gasteiger partial charge in [-0.2, -0.15) is 0 Å². The molecular weight excluding hydrogens is 436 g/mol. The molecule has 0 heterocycles. The van der Waals surface area contributed by atoms with Gasteiger partial charge in [0.15, 0.2) is 6.61 Å². The molecule has 0 aliphatic carbocycles. The lowest BCUT2D eigenvalue weighted by Crippen LogP contribution is -2.33. The topological polar surface area (TPSA) is 112 Å². The van der Waals surface area contributed by atoms with Crippen LogP contribution in [0.3, 0.4) is 0 Å². The number of nitrogens with two attached hydrogens (primary N) is 1. The zero-order valence-electron chi connectivity index (χ0n) is 18.9. The number of nitrogens with one attached hydrogen (secondary N) is 1. The summed E-state index contributed by atoms with van der Waals surface area (Å²) in [5, 5.41) is 13.2. The zero-order valence-corrected chi connectivity index (χ0v) is 18.9. The van der Waals surface area contributed by atoms with E-state index >= 15 is 0 Å². The molecular formula is C26H30N2O6. The van der Waals surface area contributed by atoms with Crippen molar-refractivity contribution in [2.24, 2.45) is 5.73 Å². The number of carbonyl (C=O) groups excluding carboxylic acids is 1. The summed E-state index contributed by atoms with van der Waals surface area (Å²) in [6.45, 7) is 1.88. The molecule has 3 rings (SSSR count). The summed E-state index contributed by atoms with van der Waals surface area (Å²) in [6, 6.07) is 24.2. The monoisotopic (exact) mass is 466 g/mol. The van der Waals surface area contributed by atoms with E-state index in [9.17, 15) is 9.90 Å². The van der Waals surface area contributed by atoms with E-state index in [1.165, 1.54) is 0 Å². The third-order valence-corrected chi connectivity index (χ3v) is 4.65. The van der Waals surface area contributed by atoms with Gasteiger partial charge in [0.05, 0.1) is 0 Å². The number of hydrogen-bond donors (Lipinski definition) is 3. The van der Waals surface area contributed by atoms with Gasteiger partial charge in [-0.3, -0.25) is 4.79 Å². The van der Waals surface area contributed by atoms with Gasteiger partial charge in [0, 0.05) is 13.1 Å². The van der Waals surface area contributed by atoms with Crippen LogP contribution >= 0.6 is 0 Å². The van der Waals surface area contributed by atoms with Gasteiger partial charge < -0.3 is 35.1 Å². The number of hydrogen-bond acceptors (Lipinski definition) is 7. The molecule has 0 bridgehead atoms. The summed E-state index contributed by atoms with van der Waals surface area (Å²) in [5.41, 5.74) is 6.15. The van der Waals surface area contributed by atoms with Crippen molar-refractivity contribution in [3.63, 3.8) is 0 Å². The first kappa shape index (κ1) is 24.9. The number of primary amides is 1.